The highest BCUT2D eigenvalue weighted by Crippen LogP contribution is 2.20. The fraction of sp³-hybridized carbons (Fsp3) is 0.973. The van der Waals surface area contributed by atoms with Crippen LogP contribution in [0.4, 0.5) is 0 Å². The number of amides is 1. The van der Waals surface area contributed by atoms with E-state index >= 15 is 0 Å². The lowest BCUT2D eigenvalue weighted by Crippen LogP contribution is -2.45. The van der Waals surface area contributed by atoms with Crippen LogP contribution in [0.15, 0.2) is 0 Å². The Labute approximate surface area is 508 Å². The van der Waals surface area contributed by atoms with Crippen molar-refractivity contribution >= 4 is 11.9 Å². The van der Waals surface area contributed by atoms with Crippen molar-refractivity contribution < 1.29 is 24.5 Å². The Morgan fingerprint density at radius 1 is 0.296 bits per heavy atom. The van der Waals surface area contributed by atoms with Gasteiger partial charge in [0, 0.05) is 12.8 Å². The van der Waals surface area contributed by atoms with Gasteiger partial charge in [-0.05, 0) is 25.7 Å². The molecule has 0 aromatic carbocycles. The molecule has 0 aromatic rings. The third-order valence-electron chi connectivity index (χ3n) is 18.2. The molecule has 0 radical (unpaired) electrons. The SMILES string of the molecule is CCCCCCCCCCCCCCCCCCCCCCCCCCC(O)C(CO)NC(=O)CCCCCCCCCCCCCCCCCCCCCCCCCCCCCCOC(=O)CCCCCCCCCCCCCC. The number of aliphatic hydroxyl groups excluding tert-OH is 2. The number of carbonyl (C=O) groups excluding carboxylic acids is 2. The number of hydrogen-bond acceptors (Lipinski definition) is 5. The summed E-state index contributed by atoms with van der Waals surface area (Å²) in [6, 6.07) is -0.539. The van der Waals surface area contributed by atoms with E-state index in [-0.39, 0.29) is 18.5 Å². The quantitative estimate of drug-likeness (QED) is 0.0417. The maximum Gasteiger partial charge on any atom is 0.305 e. The van der Waals surface area contributed by atoms with Gasteiger partial charge in [0.05, 0.1) is 25.4 Å². The van der Waals surface area contributed by atoms with Crippen molar-refractivity contribution in [3.63, 3.8) is 0 Å². The van der Waals surface area contributed by atoms with Gasteiger partial charge in [-0.1, -0.05) is 406 Å². The fourth-order valence-electron chi connectivity index (χ4n) is 12.4. The molecule has 0 aliphatic carbocycles. The zero-order valence-corrected chi connectivity index (χ0v) is 55.6. The number of ether oxygens (including phenoxy) is 1. The number of hydrogen-bond donors (Lipinski definition) is 3. The van der Waals surface area contributed by atoms with Gasteiger partial charge in [-0.2, -0.15) is 0 Å². The van der Waals surface area contributed by atoms with Gasteiger partial charge < -0.3 is 20.3 Å². The zero-order valence-electron chi connectivity index (χ0n) is 55.6. The first-order valence-electron chi connectivity index (χ1n) is 37.8. The molecule has 0 saturated heterocycles. The largest absolute Gasteiger partial charge is 0.466 e. The lowest BCUT2D eigenvalue weighted by molar-refractivity contribution is -0.143. The van der Waals surface area contributed by atoms with Gasteiger partial charge >= 0.3 is 5.97 Å². The van der Waals surface area contributed by atoms with Gasteiger partial charge in [-0.25, -0.2) is 0 Å². The molecule has 0 aromatic heterocycles. The van der Waals surface area contributed by atoms with Crippen molar-refractivity contribution in [3.8, 4) is 0 Å². The van der Waals surface area contributed by atoms with Crippen molar-refractivity contribution in [2.45, 2.75) is 456 Å². The van der Waals surface area contributed by atoms with Crippen molar-refractivity contribution in [1.29, 1.82) is 0 Å². The Hall–Kier alpha value is -1.14. The van der Waals surface area contributed by atoms with Gasteiger partial charge in [0.25, 0.3) is 0 Å². The minimum Gasteiger partial charge on any atom is -0.466 e. The summed E-state index contributed by atoms with van der Waals surface area (Å²) in [5.41, 5.74) is 0. The molecule has 6 nitrogen and oxygen atoms in total. The predicted octanol–water partition coefficient (Wildman–Crippen LogP) is 24.5. The molecule has 2 unspecified atom stereocenters. The first kappa shape index (κ1) is 79.9. The molecule has 0 fully saturated rings. The highest BCUT2D eigenvalue weighted by molar-refractivity contribution is 5.76. The number of rotatable bonds is 72. The number of unbranched alkanes of at least 4 members (excludes halogenated alkanes) is 61. The molecule has 6 heteroatoms. The summed E-state index contributed by atoms with van der Waals surface area (Å²) in [6.07, 6.45) is 87.5. The van der Waals surface area contributed by atoms with E-state index in [1.807, 2.05) is 0 Å². The number of esters is 1. The van der Waals surface area contributed by atoms with Crippen molar-refractivity contribution in [2.75, 3.05) is 13.2 Å². The van der Waals surface area contributed by atoms with Gasteiger partial charge in [-0.3, -0.25) is 9.59 Å². The molecule has 1 amide bonds. The number of aliphatic hydroxyl groups is 2. The Morgan fingerprint density at radius 2 is 0.506 bits per heavy atom. The first-order chi connectivity index (χ1) is 40.0. The van der Waals surface area contributed by atoms with Crippen LogP contribution in [-0.4, -0.2) is 47.4 Å². The van der Waals surface area contributed by atoms with Crippen molar-refractivity contribution in [3.05, 3.63) is 0 Å². The molecule has 81 heavy (non-hydrogen) atoms. The van der Waals surface area contributed by atoms with Crippen LogP contribution in [0.2, 0.25) is 0 Å². The fourth-order valence-corrected chi connectivity index (χ4v) is 12.4. The molecule has 3 N–H and O–H groups in total. The van der Waals surface area contributed by atoms with Crippen LogP contribution in [0.3, 0.4) is 0 Å². The second-order valence-corrected chi connectivity index (χ2v) is 26.4. The van der Waals surface area contributed by atoms with E-state index < -0.39 is 12.1 Å². The molecular formula is C75H149NO5. The second kappa shape index (κ2) is 71.3. The van der Waals surface area contributed by atoms with E-state index in [9.17, 15) is 19.8 Å². The standard InChI is InChI=1S/C75H149NO5/c1-3-5-7-9-11-13-15-17-18-19-20-21-22-29-32-35-38-41-44-47-51-55-59-63-67-73(78)72(71-77)76-74(79)68-64-60-56-52-48-45-42-39-36-33-30-27-25-23-24-26-28-31-34-37-40-43-46-50-54-58-62-66-70-81-75(80)69-65-61-57-53-49-16-14-12-10-8-6-4-2/h72-73,77-78H,3-71H2,1-2H3,(H,76,79). The number of nitrogens with one attached hydrogen (secondary N) is 1. The summed E-state index contributed by atoms with van der Waals surface area (Å²) in [5, 5.41) is 23.5. The van der Waals surface area contributed by atoms with E-state index in [4.69, 9.17) is 4.74 Å². The average Bonchev–Trinajstić information content (AvgIpc) is 3.47. The Bertz CT molecular complexity index is 1180. The monoisotopic (exact) mass is 1140 g/mol. The summed E-state index contributed by atoms with van der Waals surface area (Å²) in [5.74, 6) is -0.00450. The normalized spacial score (nSPS) is 12.4. The number of carbonyl (C=O) groups is 2. The highest BCUT2D eigenvalue weighted by atomic mass is 16.5. The van der Waals surface area contributed by atoms with E-state index in [0.29, 0.717) is 25.9 Å². The molecule has 0 rings (SSSR count). The van der Waals surface area contributed by atoms with Crippen LogP contribution < -0.4 is 5.32 Å². The Kier molecular flexibility index (Phi) is 70.3. The summed E-state index contributed by atoms with van der Waals surface area (Å²) in [4.78, 5) is 24.6. The average molecular weight is 1150 g/mol. The molecule has 0 saturated carbocycles. The molecular weight excluding hydrogens is 995 g/mol. The molecule has 484 valence electrons. The van der Waals surface area contributed by atoms with E-state index in [1.165, 1.54) is 372 Å². The Morgan fingerprint density at radius 3 is 0.753 bits per heavy atom. The van der Waals surface area contributed by atoms with Crippen LogP contribution in [0, 0.1) is 0 Å². The smallest absolute Gasteiger partial charge is 0.305 e. The van der Waals surface area contributed by atoms with Gasteiger partial charge in [0.15, 0.2) is 0 Å². The summed E-state index contributed by atoms with van der Waals surface area (Å²) in [6.45, 7) is 5.01. The van der Waals surface area contributed by atoms with E-state index in [2.05, 4.69) is 19.2 Å². The molecule has 2 atom stereocenters. The van der Waals surface area contributed by atoms with Gasteiger partial charge in [-0.15, -0.1) is 0 Å². The molecule has 0 aliphatic heterocycles. The van der Waals surface area contributed by atoms with Crippen molar-refractivity contribution in [2.24, 2.45) is 0 Å². The summed E-state index contributed by atoms with van der Waals surface area (Å²) >= 11 is 0. The molecule has 0 bridgehead atoms. The minimum absolute atomic E-state index is 0.0210. The second-order valence-electron chi connectivity index (χ2n) is 26.4. The van der Waals surface area contributed by atoms with Gasteiger partial charge in [0.2, 0.25) is 5.91 Å². The first-order valence-corrected chi connectivity index (χ1v) is 37.8. The van der Waals surface area contributed by atoms with E-state index in [1.54, 1.807) is 0 Å². The van der Waals surface area contributed by atoms with E-state index in [0.717, 1.165) is 38.5 Å². The molecule has 0 heterocycles. The molecule has 0 aliphatic rings. The lowest BCUT2D eigenvalue weighted by atomic mass is 10.0. The minimum atomic E-state index is -0.662. The van der Waals surface area contributed by atoms with Crippen LogP contribution >= 0.6 is 0 Å². The third-order valence-corrected chi connectivity index (χ3v) is 18.2. The third kappa shape index (κ3) is 67.9. The predicted molar refractivity (Wildman–Crippen MR) is 357 cm³/mol. The summed E-state index contributed by atoms with van der Waals surface area (Å²) < 4.78 is 5.49. The van der Waals surface area contributed by atoms with Crippen molar-refractivity contribution in [1.82, 2.24) is 5.32 Å². The molecule has 0 spiro atoms. The highest BCUT2D eigenvalue weighted by Gasteiger charge is 2.20. The maximum absolute atomic E-state index is 12.6. The topological polar surface area (TPSA) is 95.9 Å². The van der Waals surface area contributed by atoms with Crippen LogP contribution in [-0.2, 0) is 14.3 Å². The van der Waals surface area contributed by atoms with Crippen LogP contribution in [0.5, 0.6) is 0 Å². The van der Waals surface area contributed by atoms with Crippen LogP contribution in [0.1, 0.15) is 444 Å². The van der Waals surface area contributed by atoms with Crippen LogP contribution in [0.25, 0.3) is 0 Å². The van der Waals surface area contributed by atoms with Gasteiger partial charge in [0.1, 0.15) is 0 Å². The summed E-state index contributed by atoms with van der Waals surface area (Å²) in [7, 11) is 0. The zero-order chi connectivity index (χ0) is 58.5. The lowest BCUT2D eigenvalue weighted by Gasteiger charge is -2.22. The Balaban J connectivity index is 3.34. The maximum atomic E-state index is 12.6.